The Morgan fingerprint density at radius 1 is 0.554 bits per heavy atom. The molecule has 0 fully saturated rings. The van der Waals surface area contributed by atoms with E-state index < -0.39 is 0 Å². The van der Waals surface area contributed by atoms with Crippen LogP contribution in [0.4, 0.5) is 17.1 Å². The minimum atomic E-state index is -0.00998. The fourth-order valence-electron chi connectivity index (χ4n) is 9.54. The summed E-state index contributed by atoms with van der Waals surface area (Å²) < 4.78 is 9.07. The van der Waals surface area contributed by atoms with Crippen molar-refractivity contribution in [2.24, 2.45) is 0 Å². The first-order valence-electron chi connectivity index (χ1n) is 22.7. The Bertz CT molecular complexity index is 3250. The normalized spacial score (nSPS) is 15.0. The highest BCUT2D eigenvalue weighted by atomic mass is 16.5. The zero-order valence-corrected chi connectivity index (χ0v) is 37.9. The van der Waals surface area contributed by atoms with Gasteiger partial charge in [0.05, 0.1) is 22.4 Å². The van der Waals surface area contributed by atoms with E-state index >= 15 is 0 Å². The molecular formula is C58H52BN5O. The fraction of sp³-hybridized carbons (Fsp3) is 0.155. The predicted octanol–water partition coefficient (Wildman–Crippen LogP) is 14.4. The van der Waals surface area contributed by atoms with Gasteiger partial charge in [0.25, 0.3) is 0 Å². The number of para-hydroxylation sites is 3. The van der Waals surface area contributed by atoms with Crippen molar-refractivity contribution >= 4 is 56.9 Å². The monoisotopic (exact) mass is 845 g/mol. The summed E-state index contributed by atoms with van der Waals surface area (Å²) in [6, 6.07) is 56.4. The maximum atomic E-state index is 6.80. The van der Waals surface area contributed by atoms with E-state index in [0.717, 1.165) is 56.6 Å². The third kappa shape index (κ3) is 7.31. The van der Waals surface area contributed by atoms with Crippen LogP contribution in [0.25, 0.3) is 38.8 Å². The number of rotatable bonds is 7. The molecule has 3 aliphatic rings. The first kappa shape index (κ1) is 40.3. The van der Waals surface area contributed by atoms with Gasteiger partial charge in [0, 0.05) is 46.6 Å². The second-order valence-corrected chi connectivity index (χ2v) is 19.4. The van der Waals surface area contributed by atoms with Crippen LogP contribution in [0.15, 0.2) is 200 Å². The van der Waals surface area contributed by atoms with Crippen molar-refractivity contribution < 1.29 is 4.74 Å². The van der Waals surface area contributed by atoms with Gasteiger partial charge in [-0.05, 0) is 93.3 Å². The van der Waals surface area contributed by atoms with Gasteiger partial charge in [0.1, 0.15) is 29.8 Å². The van der Waals surface area contributed by atoms with E-state index in [0.29, 0.717) is 6.67 Å². The molecule has 0 radical (unpaired) electrons. The van der Waals surface area contributed by atoms with Crippen LogP contribution in [0.3, 0.4) is 0 Å². The molecule has 0 atom stereocenters. The van der Waals surface area contributed by atoms with E-state index in [1.165, 1.54) is 38.8 Å². The molecule has 2 aromatic heterocycles. The van der Waals surface area contributed by atoms with Gasteiger partial charge in [-0.2, -0.15) is 0 Å². The van der Waals surface area contributed by atoms with Gasteiger partial charge >= 0.3 is 6.85 Å². The standard InChI is InChI=1S/C58H52BN5O/c1-57(2,3)43-25-23-41(24-26-43)48-30-33-59-32-29-42(40-15-8-7-9-16-40)38-63(59)56(48)62-39-61(52-21-12-13-22-53(52)62)45-17-14-18-46(36-45)65-47-27-28-50-49-19-10-11-20-51(49)64(54(50)37-47)55-35-44(31-34-60-55)58(4,5)6/h7-38H,39H2,1-6H3. The molecule has 65 heavy (non-hydrogen) atoms. The highest BCUT2D eigenvalue weighted by Crippen LogP contribution is 2.47. The van der Waals surface area contributed by atoms with Crippen molar-refractivity contribution in [2.75, 3.05) is 16.5 Å². The minimum Gasteiger partial charge on any atom is -0.457 e. The summed E-state index contributed by atoms with van der Waals surface area (Å²) in [6.07, 6.45) is 8.83. The summed E-state index contributed by atoms with van der Waals surface area (Å²) in [5.74, 6) is 8.21. The Balaban J connectivity index is 0.972. The van der Waals surface area contributed by atoms with Crippen LogP contribution in [0.1, 0.15) is 63.8 Å². The minimum absolute atomic E-state index is 0.00998. The van der Waals surface area contributed by atoms with Gasteiger partial charge in [-0.1, -0.05) is 157 Å². The SMILES string of the molecule is CC(C)(C)c1ccc(C2=C(N3CN(c4cccc(Oc5ccc6c7ccccc7n(-c7cc(C(C)(C)C)ccn7)c6c5)c4)c4ccccc43)N3C=C(c4ccccc4)C=CB3C=C2)cc1. The molecule has 0 unspecified atom stereocenters. The summed E-state index contributed by atoms with van der Waals surface area (Å²) >= 11 is 0. The van der Waals surface area contributed by atoms with Gasteiger partial charge in [-0.15, -0.1) is 0 Å². The Hall–Kier alpha value is -7.51. The van der Waals surface area contributed by atoms with Crippen LogP contribution in [-0.2, 0) is 10.8 Å². The third-order valence-electron chi connectivity index (χ3n) is 13.0. The maximum absolute atomic E-state index is 6.80. The van der Waals surface area contributed by atoms with Crippen molar-refractivity contribution in [3.8, 4) is 17.3 Å². The van der Waals surface area contributed by atoms with Crippen LogP contribution >= 0.6 is 0 Å². The smallest absolute Gasteiger partial charge is 0.314 e. The lowest BCUT2D eigenvalue weighted by molar-refractivity contribution is 0.483. The lowest BCUT2D eigenvalue weighted by atomic mass is 9.56. The highest BCUT2D eigenvalue weighted by molar-refractivity contribution is 6.68. The molecule has 0 spiro atoms. The Labute approximate surface area is 382 Å². The summed E-state index contributed by atoms with van der Waals surface area (Å²) in [7, 11) is 0. The van der Waals surface area contributed by atoms with Crippen molar-refractivity contribution in [2.45, 2.75) is 52.4 Å². The van der Waals surface area contributed by atoms with E-state index in [1.54, 1.807) is 0 Å². The number of allylic oxidation sites excluding steroid dienone is 4. The average Bonchev–Trinajstić information content (AvgIpc) is 3.87. The van der Waals surface area contributed by atoms with E-state index in [1.807, 2.05) is 12.3 Å². The average molecular weight is 846 g/mol. The summed E-state index contributed by atoms with van der Waals surface area (Å²) in [4.78, 5) is 12.2. The van der Waals surface area contributed by atoms with Gasteiger partial charge in [0.2, 0.25) is 0 Å². The Kier molecular flexibility index (Phi) is 9.69. The zero-order valence-electron chi connectivity index (χ0n) is 37.9. The van der Waals surface area contributed by atoms with Crippen molar-refractivity contribution in [3.05, 3.63) is 222 Å². The topological polar surface area (TPSA) is 36.8 Å². The van der Waals surface area contributed by atoms with Gasteiger partial charge in [-0.25, -0.2) is 4.98 Å². The van der Waals surface area contributed by atoms with Crippen LogP contribution in [0.5, 0.6) is 11.5 Å². The van der Waals surface area contributed by atoms with Crippen LogP contribution in [-0.4, -0.2) is 27.9 Å². The van der Waals surface area contributed by atoms with E-state index in [9.17, 15) is 0 Å². The summed E-state index contributed by atoms with van der Waals surface area (Å²) in [5.41, 5.74) is 12.9. The summed E-state index contributed by atoms with van der Waals surface area (Å²) in [5, 5.41) is 2.34. The van der Waals surface area contributed by atoms with Gasteiger partial charge in [0.15, 0.2) is 0 Å². The molecule has 318 valence electrons. The first-order valence-corrected chi connectivity index (χ1v) is 22.7. The molecular weight excluding hydrogens is 793 g/mol. The molecule has 11 rings (SSSR count). The molecule has 0 N–H and O–H groups in total. The third-order valence-corrected chi connectivity index (χ3v) is 13.0. The molecule has 0 amide bonds. The lowest BCUT2D eigenvalue weighted by Crippen LogP contribution is -2.44. The molecule has 0 aliphatic carbocycles. The molecule has 8 aromatic rings. The van der Waals surface area contributed by atoms with Gasteiger partial charge in [-0.3, -0.25) is 4.57 Å². The highest BCUT2D eigenvalue weighted by Gasteiger charge is 2.37. The van der Waals surface area contributed by atoms with Gasteiger partial charge < -0.3 is 19.3 Å². The molecule has 6 aromatic carbocycles. The Morgan fingerprint density at radius 3 is 2.03 bits per heavy atom. The number of pyridine rings is 1. The molecule has 0 saturated carbocycles. The lowest BCUT2D eigenvalue weighted by Gasteiger charge is -2.40. The molecule has 0 saturated heterocycles. The van der Waals surface area contributed by atoms with E-state index in [2.05, 4.69) is 243 Å². The Morgan fingerprint density at radius 2 is 1.25 bits per heavy atom. The van der Waals surface area contributed by atoms with E-state index in [-0.39, 0.29) is 17.7 Å². The number of hydrogen-bond acceptors (Lipinski definition) is 5. The molecule has 6 nitrogen and oxygen atoms in total. The van der Waals surface area contributed by atoms with Crippen LogP contribution in [0.2, 0.25) is 0 Å². The first-order chi connectivity index (χ1) is 31.5. The number of aromatic nitrogens is 2. The second-order valence-electron chi connectivity index (χ2n) is 19.4. The largest absolute Gasteiger partial charge is 0.457 e. The predicted molar refractivity (Wildman–Crippen MR) is 272 cm³/mol. The molecule has 3 aliphatic heterocycles. The number of ether oxygens (including phenoxy) is 1. The number of nitrogens with zero attached hydrogens (tertiary/aromatic N) is 5. The van der Waals surface area contributed by atoms with Crippen molar-refractivity contribution in [3.63, 3.8) is 0 Å². The van der Waals surface area contributed by atoms with E-state index in [4.69, 9.17) is 9.72 Å². The van der Waals surface area contributed by atoms with Crippen molar-refractivity contribution in [1.82, 2.24) is 14.4 Å². The summed E-state index contributed by atoms with van der Waals surface area (Å²) in [6.45, 7) is 14.2. The number of hydrogen-bond donors (Lipinski definition) is 0. The fourth-order valence-corrected chi connectivity index (χ4v) is 9.54. The number of fused-ring (bicyclic) bond motifs is 5. The molecule has 0 bridgehead atoms. The number of anilines is 3. The maximum Gasteiger partial charge on any atom is 0.314 e. The second kappa shape index (κ2) is 15.6. The quantitative estimate of drug-likeness (QED) is 0.149. The molecule has 7 heteroatoms. The van der Waals surface area contributed by atoms with Crippen LogP contribution < -0.4 is 14.5 Å². The molecule has 5 heterocycles. The zero-order chi connectivity index (χ0) is 44.5. The number of benzene rings is 6. The van der Waals surface area contributed by atoms with Crippen LogP contribution in [0, 0.1) is 0 Å². The van der Waals surface area contributed by atoms with Crippen molar-refractivity contribution in [1.29, 1.82) is 0 Å².